The second kappa shape index (κ2) is 9.07. The number of benzene rings is 2. The number of Topliss-reactive ketones (excluding diaryl/α,β-unsaturated/α-hetero) is 1. The summed E-state index contributed by atoms with van der Waals surface area (Å²) >= 11 is 5.93. The molecule has 5 heteroatoms. The molecule has 1 aliphatic rings. The number of unbranched alkanes of at least 4 members (excludes halogenated alkanes) is 3. The van der Waals surface area contributed by atoms with E-state index in [9.17, 15) is 14.7 Å². The number of nitrogens with zero attached hydrogens (tertiary/aromatic N) is 1. The van der Waals surface area contributed by atoms with Crippen molar-refractivity contribution in [3.63, 3.8) is 0 Å². The van der Waals surface area contributed by atoms with Gasteiger partial charge in [0, 0.05) is 17.1 Å². The van der Waals surface area contributed by atoms with Crippen molar-refractivity contribution in [2.75, 3.05) is 6.54 Å². The van der Waals surface area contributed by atoms with Gasteiger partial charge in [-0.3, -0.25) is 9.59 Å². The number of amides is 1. The summed E-state index contributed by atoms with van der Waals surface area (Å²) < 4.78 is 0. The molecule has 2 aromatic rings. The first-order valence-corrected chi connectivity index (χ1v) is 10.0. The van der Waals surface area contributed by atoms with Gasteiger partial charge in [0.2, 0.25) is 0 Å². The average molecular weight is 398 g/mol. The minimum absolute atomic E-state index is 0.133. The van der Waals surface area contributed by atoms with Gasteiger partial charge in [-0.15, -0.1) is 0 Å². The second-order valence-electron chi connectivity index (χ2n) is 6.97. The first-order valence-electron chi connectivity index (χ1n) is 9.64. The van der Waals surface area contributed by atoms with Crippen LogP contribution in [0.4, 0.5) is 0 Å². The van der Waals surface area contributed by atoms with E-state index < -0.39 is 17.7 Å². The van der Waals surface area contributed by atoms with Crippen LogP contribution in [-0.4, -0.2) is 28.2 Å². The van der Waals surface area contributed by atoms with E-state index in [1.165, 1.54) is 0 Å². The zero-order valence-corrected chi connectivity index (χ0v) is 16.7. The topological polar surface area (TPSA) is 57.6 Å². The van der Waals surface area contributed by atoms with E-state index in [0.29, 0.717) is 17.1 Å². The standard InChI is InChI=1S/C23H24ClNO3/c1-2-3-4-8-15-25-20(16-9-6-5-7-10-16)19(22(27)23(25)28)21(26)17-11-13-18(24)14-12-17/h5-7,9-14,20,26H,2-4,8,15H2,1H3/t20-/m1/s1. The van der Waals surface area contributed by atoms with Gasteiger partial charge in [-0.1, -0.05) is 68.1 Å². The number of likely N-dealkylation sites (tertiary alicyclic amines) is 1. The molecule has 4 nitrogen and oxygen atoms in total. The fourth-order valence-corrected chi connectivity index (χ4v) is 3.69. The molecule has 1 N–H and O–H groups in total. The Bertz CT molecular complexity index is 874. The third kappa shape index (κ3) is 4.12. The van der Waals surface area contributed by atoms with Gasteiger partial charge in [-0.25, -0.2) is 0 Å². The Morgan fingerprint density at radius 3 is 2.32 bits per heavy atom. The summed E-state index contributed by atoms with van der Waals surface area (Å²) in [5, 5.41) is 11.4. The molecule has 1 aliphatic heterocycles. The summed E-state index contributed by atoms with van der Waals surface area (Å²) in [4.78, 5) is 27.2. The van der Waals surface area contributed by atoms with Crippen molar-refractivity contribution in [1.82, 2.24) is 4.90 Å². The van der Waals surface area contributed by atoms with Gasteiger partial charge in [0.1, 0.15) is 5.76 Å². The predicted octanol–water partition coefficient (Wildman–Crippen LogP) is 5.34. The molecule has 0 saturated carbocycles. The molecule has 1 amide bonds. The SMILES string of the molecule is CCCCCCN1C(=O)C(=O)C(=C(O)c2ccc(Cl)cc2)[C@H]1c1ccccc1. The molecule has 0 aromatic heterocycles. The summed E-state index contributed by atoms with van der Waals surface area (Å²) in [6.45, 7) is 2.61. The van der Waals surface area contributed by atoms with Crippen LogP contribution in [0, 0.1) is 0 Å². The van der Waals surface area contributed by atoms with E-state index >= 15 is 0 Å². The smallest absolute Gasteiger partial charge is 0.295 e. The molecule has 0 spiro atoms. The Hall–Kier alpha value is -2.59. The monoisotopic (exact) mass is 397 g/mol. The molecule has 2 aromatic carbocycles. The molecule has 28 heavy (non-hydrogen) atoms. The molecule has 1 atom stereocenters. The molecule has 0 radical (unpaired) electrons. The maximum atomic E-state index is 12.8. The molecule has 1 heterocycles. The third-order valence-corrected chi connectivity index (χ3v) is 5.28. The lowest BCUT2D eigenvalue weighted by atomic mass is 9.95. The maximum absolute atomic E-state index is 12.8. The van der Waals surface area contributed by atoms with Crippen LogP contribution in [0.3, 0.4) is 0 Å². The van der Waals surface area contributed by atoms with E-state index in [1.54, 1.807) is 29.2 Å². The van der Waals surface area contributed by atoms with E-state index in [4.69, 9.17) is 11.6 Å². The van der Waals surface area contributed by atoms with Crippen LogP contribution in [0.25, 0.3) is 5.76 Å². The second-order valence-corrected chi connectivity index (χ2v) is 7.41. The largest absolute Gasteiger partial charge is 0.507 e. The summed E-state index contributed by atoms with van der Waals surface area (Å²) in [7, 11) is 0. The number of aliphatic hydroxyl groups excluding tert-OH is 1. The summed E-state index contributed by atoms with van der Waals surface area (Å²) in [6, 6.07) is 15.4. The van der Waals surface area contributed by atoms with E-state index in [1.807, 2.05) is 30.3 Å². The van der Waals surface area contributed by atoms with Crippen LogP contribution in [-0.2, 0) is 9.59 Å². The first-order chi connectivity index (χ1) is 13.5. The maximum Gasteiger partial charge on any atom is 0.295 e. The number of ketones is 1. The minimum Gasteiger partial charge on any atom is -0.507 e. The lowest BCUT2D eigenvalue weighted by Crippen LogP contribution is -2.30. The van der Waals surface area contributed by atoms with Crippen molar-refractivity contribution in [1.29, 1.82) is 0 Å². The van der Waals surface area contributed by atoms with Gasteiger partial charge in [0.15, 0.2) is 0 Å². The molecule has 3 rings (SSSR count). The predicted molar refractivity (Wildman–Crippen MR) is 111 cm³/mol. The van der Waals surface area contributed by atoms with Gasteiger partial charge >= 0.3 is 0 Å². The van der Waals surface area contributed by atoms with Gasteiger partial charge in [0.25, 0.3) is 11.7 Å². The average Bonchev–Trinajstić information content (AvgIpc) is 2.97. The Morgan fingerprint density at radius 1 is 1.00 bits per heavy atom. The molecule has 0 unspecified atom stereocenters. The highest BCUT2D eigenvalue weighted by molar-refractivity contribution is 6.46. The minimum atomic E-state index is -0.642. The van der Waals surface area contributed by atoms with Crippen molar-refractivity contribution in [2.45, 2.75) is 38.6 Å². The van der Waals surface area contributed by atoms with Crippen molar-refractivity contribution >= 4 is 29.1 Å². The highest BCUT2D eigenvalue weighted by atomic mass is 35.5. The lowest BCUT2D eigenvalue weighted by molar-refractivity contribution is -0.139. The van der Waals surface area contributed by atoms with Crippen molar-refractivity contribution < 1.29 is 14.7 Å². The van der Waals surface area contributed by atoms with Crippen molar-refractivity contribution in [3.05, 3.63) is 76.3 Å². The summed E-state index contributed by atoms with van der Waals surface area (Å²) in [5.41, 5.74) is 1.41. The van der Waals surface area contributed by atoms with E-state index in [0.717, 1.165) is 31.2 Å². The lowest BCUT2D eigenvalue weighted by Gasteiger charge is -2.25. The fourth-order valence-electron chi connectivity index (χ4n) is 3.56. The number of carbonyl (C=O) groups excluding carboxylic acids is 2. The number of rotatable bonds is 7. The number of hydrogen-bond acceptors (Lipinski definition) is 3. The quantitative estimate of drug-likeness (QED) is 0.297. The molecule has 1 saturated heterocycles. The molecule has 0 bridgehead atoms. The van der Waals surface area contributed by atoms with E-state index in [-0.39, 0.29) is 11.3 Å². The number of aliphatic hydroxyl groups is 1. The normalized spacial score (nSPS) is 18.6. The van der Waals surface area contributed by atoms with Crippen LogP contribution in [0.1, 0.15) is 49.8 Å². The van der Waals surface area contributed by atoms with Crippen LogP contribution >= 0.6 is 11.6 Å². The van der Waals surface area contributed by atoms with Crippen LogP contribution in [0.2, 0.25) is 5.02 Å². The van der Waals surface area contributed by atoms with E-state index in [2.05, 4.69) is 6.92 Å². The van der Waals surface area contributed by atoms with Crippen molar-refractivity contribution in [2.24, 2.45) is 0 Å². The summed E-state index contributed by atoms with van der Waals surface area (Å²) in [6.07, 6.45) is 4.01. The Kier molecular flexibility index (Phi) is 6.53. The summed E-state index contributed by atoms with van der Waals surface area (Å²) in [5.74, 6) is -1.36. The fraction of sp³-hybridized carbons (Fsp3) is 0.304. The molecular weight excluding hydrogens is 374 g/mol. The Labute approximate surface area is 170 Å². The highest BCUT2D eigenvalue weighted by Gasteiger charge is 2.45. The van der Waals surface area contributed by atoms with Gasteiger partial charge in [-0.05, 0) is 36.2 Å². The number of hydrogen-bond donors (Lipinski definition) is 1. The number of carbonyl (C=O) groups is 2. The van der Waals surface area contributed by atoms with Gasteiger partial charge < -0.3 is 10.0 Å². The Morgan fingerprint density at radius 2 is 1.68 bits per heavy atom. The van der Waals surface area contributed by atoms with Gasteiger partial charge in [-0.2, -0.15) is 0 Å². The zero-order valence-electron chi connectivity index (χ0n) is 15.9. The molecule has 1 fully saturated rings. The molecule has 146 valence electrons. The van der Waals surface area contributed by atoms with Crippen molar-refractivity contribution in [3.8, 4) is 0 Å². The molecular formula is C23H24ClNO3. The molecule has 0 aliphatic carbocycles. The van der Waals surface area contributed by atoms with Crippen LogP contribution in [0.15, 0.2) is 60.2 Å². The van der Waals surface area contributed by atoms with Gasteiger partial charge in [0.05, 0.1) is 11.6 Å². The van der Waals surface area contributed by atoms with Crippen LogP contribution in [0.5, 0.6) is 0 Å². The number of halogens is 1. The Balaban J connectivity index is 2.03. The third-order valence-electron chi connectivity index (χ3n) is 5.03. The first kappa shape index (κ1) is 20.2. The highest BCUT2D eigenvalue weighted by Crippen LogP contribution is 2.39. The van der Waals surface area contributed by atoms with Crippen LogP contribution < -0.4 is 0 Å². The zero-order chi connectivity index (χ0) is 20.1.